The van der Waals surface area contributed by atoms with Crippen molar-refractivity contribution in [1.29, 1.82) is 0 Å². The molecule has 26 heavy (non-hydrogen) atoms. The van der Waals surface area contributed by atoms with E-state index in [9.17, 15) is 4.79 Å². The Morgan fingerprint density at radius 3 is 2.23 bits per heavy atom. The monoisotopic (exact) mass is 352 g/mol. The van der Waals surface area contributed by atoms with Crippen LogP contribution in [0.1, 0.15) is 31.7 Å². The Kier molecular flexibility index (Phi) is 7.94. The highest BCUT2D eigenvalue weighted by molar-refractivity contribution is 5.81. The van der Waals surface area contributed by atoms with Gasteiger partial charge in [-0.25, -0.2) is 4.79 Å². The van der Waals surface area contributed by atoms with Crippen molar-refractivity contribution >= 4 is 5.97 Å². The van der Waals surface area contributed by atoms with Crippen molar-refractivity contribution in [2.75, 3.05) is 13.2 Å². The molecular formula is C23H28O3. The molecule has 0 aliphatic rings. The highest BCUT2D eigenvalue weighted by Gasteiger charge is 2.04. The summed E-state index contributed by atoms with van der Waals surface area (Å²) in [7, 11) is 0. The van der Waals surface area contributed by atoms with Gasteiger partial charge in [-0.2, -0.15) is 0 Å². The Morgan fingerprint density at radius 2 is 1.62 bits per heavy atom. The van der Waals surface area contributed by atoms with Gasteiger partial charge in [0.05, 0.1) is 13.2 Å². The molecule has 0 saturated carbocycles. The molecule has 0 fully saturated rings. The fraction of sp³-hybridized carbons (Fsp3) is 0.348. The normalized spacial score (nSPS) is 11.6. The maximum atomic E-state index is 11.0. The summed E-state index contributed by atoms with van der Waals surface area (Å²) in [5, 5.41) is 0. The molecule has 0 amide bonds. The Morgan fingerprint density at radius 1 is 1.00 bits per heavy atom. The lowest BCUT2D eigenvalue weighted by molar-refractivity contribution is -0.137. The quantitative estimate of drug-likeness (QED) is 0.318. The van der Waals surface area contributed by atoms with E-state index >= 15 is 0 Å². The van der Waals surface area contributed by atoms with E-state index in [1.54, 1.807) is 0 Å². The van der Waals surface area contributed by atoms with Crippen LogP contribution < -0.4 is 4.74 Å². The number of hydrogen-bond donors (Lipinski definition) is 0. The largest absolute Gasteiger partial charge is 0.494 e. The summed E-state index contributed by atoms with van der Waals surface area (Å²) in [5.41, 5.74) is 3.68. The first-order valence-electron chi connectivity index (χ1n) is 9.17. The second-order valence-corrected chi connectivity index (χ2v) is 6.65. The van der Waals surface area contributed by atoms with Gasteiger partial charge in [-0.05, 0) is 55.4 Å². The van der Waals surface area contributed by atoms with Crippen molar-refractivity contribution in [3.8, 4) is 16.9 Å². The van der Waals surface area contributed by atoms with Gasteiger partial charge in [-0.1, -0.05) is 55.5 Å². The molecule has 2 aromatic rings. The maximum Gasteiger partial charge on any atom is 0.330 e. The van der Waals surface area contributed by atoms with Crippen LogP contribution in [0.5, 0.6) is 5.75 Å². The SMILES string of the molecule is C=CC(=O)OCCCC(C)CCOc1ccc(-c2ccc(C)cc2)cc1. The first-order valence-corrected chi connectivity index (χ1v) is 9.17. The van der Waals surface area contributed by atoms with E-state index < -0.39 is 0 Å². The third-order valence-electron chi connectivity index (χ3n) is 4.37. The molecule has 0 aromatic heterocycles. The van der Waals surface area contributed by atoms with Crippen LogP contribution in [0.4, 0.5) is 0 Å². The molecule has 0 N–H and O–H groups in total. The molecular weight excluding hydrogens is 324 g/mol. The standard InChI is InChI=1S/C23H28O3/c1-4-23(24)26-16-5-6-18(2)15-17-25-22-13-11-21(12-14-22)20-9-7-19(3)8-10-20/h4,7-14,18H,1,5-6,15-17H2,2-3H3. The molecule has 3 nitrogen and oxygen atoms in total. The average Bonchev–Trinajstić information content (AvgIpc) is 2.66. The minimum absolute atomic E-state index is 0.352. The Balaban J connectivity index is 1.68. The van der Waals surface area contributed by atoms with Crippen LogP contribution in [0.2, 0.25) is 0 Å². The molecule has 0 saturated heterocycles. The molecule has 0 heterocycles. The molecule has 0 aliphatic carbocycles. The van der Waals surface area contributed by atoms with Gasteiger partial charge < -0.3 is 9.47 Å². The third-order valence-corrected chi connectivity index (χ3v) is 4.37. The van der Waals surface area contributed by atoms with E-state index in [1.807, 2.05) is 12.1 Å². The van der Waals surface area contributed by atoms with Crippen LogP contribution in [0, 0.1) is 12.8 Å². The zero-order valence-corrected chi connectivity index (χ0v) is 15.7. The van der Waals surface area contributed by atoms with E-state index in [-0.39, 0.29) is 5.97 Å². The molecule has 1 unspecified atom stereocenters. The second kappa shape index (κ2) is 10.4. The van der Waals surface area contributed by atoms with E-state index in [0.717, 1.165) is 25.0 Å². The summed E-state index contributed by atoms with van der Waals surface area (Å²) < 4.78 is 10.8. The average molecular weight is 352 g/mol. The summed E-state index contributed by atoms with van der Waals surface area (Å²) in [4.78, 5) is 11.0. The highest BCUT2D eigenvalue weighted by atomic mass is 16.5. The van der Waals surface area contributed by atoms with Crippen molar-refractivity contribution < 1.29 is 14.3 Å². The minimum Gasteiger partial charge on any atom is -0.494 e. The zero-order chi connectivity index (χ0) is 18.8. The number of carbonyl (C=O) groups is 1. The van der Waals surface area contributed by atoms with Gasteiger partial charge in [-0.3, -0.25) is 0 Å². The molecule has 1 atom stereocenters. The molecule has 0 bridgehead atoms. The molecule has 2 rings (SSSR count). The first kappa shape index (κ1) is 19.8. The topological polar surface area (TPSA) is 35.5 Å². The van der Waals surface area contributed by atoms with Crippen LogP contribution in [0.3, 0.4) is 0 Å². The fourth-order valence-electron chi connectivity index (χ4n) is 2.68. The van der Waals surface area contributed by atoms with Crippen molar-refractivity contribution in [3.05, 3.63) is 66.7 Å². The van der Waals surface area contributed by atoms with E-state index in [4.69, 9.17) is 9.47 Å². The van der Waals surface area contributed by atoms with Gasteiger partial charge in [0.2, 0.25) is 0 Å². The lowest BCUT2D eigenvalue weighted by atomic mass is 10.0. The number of hydrogen-bond acceptors (Lipinski definition) is 3. The lowest BCUT2D eigenvalue weighted by Gasteiger charge is -2.12. The summed E-state index contributed by atoms with van der Waals surface area (Å²) in [6, 6.07) is 16.8. The van der Waals surface area contributed by atoms with Gasteiger partial charge in [0.25, 0.3) is 0 Å². The molecule has 0 radical (unpaired) electrons. The van der Waals surface area contributed by atoms with Crippen molar-refractivity contribution in [2.45, 2.75) is 33.1 Å². The summed E-state index contributed by atoms with van der Waals surface area (Å²) in [6.07, 6.45) is 4.06. The Labute approximate surface area is 156 Å². The number of rotatable bonds is 10. The summed E-state index contributed by atoms with van der Waals surface area (Å²) >= 11 is 0. The first-order chi connectivity index (χ1) is 12.6. The van der Waals surface area contributed by atoms with Crippen LogP contribution in [0.25, 0.3) is 11.1 Å². The number of ether oxygens (including phenoxy) is 2. The van der Waals surface area contributed by atoms with Crippen molar-refractivity contribution in [2.24, 2.45) is 5.92 Å². The van der Waals surface area contributed by atoms with Gasteiger partial charge >= 0.3 is 5.97 Å². The number of aryl methyl sites for hydroxylation is 1. The molecule has 2 aromatic carbocycles. The minimum atomic E-state index is -0.352. The van der Waals surface area contributed by atoms with E-state index in [1.165, 1.54) is 22.8 Å². The third kappa shape index (κ3) is 6.75. The second-order valence-electron chi connectivity index (χ2n) is 6.65. The lowest BCUT2D eigenvalue weighted by Crippen LogP contribution is -2.07. The number of benzene rings is 2. The highest BCUT2D eigenvalue weighted by Crippen LogP contribution is 2.23. The van der Waals surface area contributed by atoms with E-state index in [0.29, 0.717) is 19.1 Å². The molecule has 0 aliphatic heterocycles. The maximum absolute atomic E-state index is 11.0. The van der Waals surface area contributed by atoms with Crippen LogP contribution in [0.15, 0.2) is 61.2 Å². The summed E-state index contributed by atoms with van der Waals surface area (Å²) in [6.45, 7) is 8.81. The zero-order valence-electron chi connectivity index (χ0n) is 15.7. The van der Waals surface area contributed by atoms with Gasteiger partial charge in [0.15, 0.2) is 0 Å². The Hall–Kier alpha value is -2.55. The van der Waals surface area contributed by atoms with Gasteiger partial charge in [0, 0.05) is 6.08 Å². The van der Waals surface area contributed by atoms with E-state index in [2.05, 4.69) is 56.8 Å². The van der Waals surface area contributed by atoms with Gasteiger partial charge in [-0.15, -0.1) is 0 Å². The fourth-order valence-corrected chi connectivity index (χ4v) is 2.68. The van der Waals surface area contributed by atoms with Crippen LogP contribution >= 0.6 is 0 Å². The van der Waals surface area contributed by atoms with Crippen molar-refractivity contribution in [3.63, 3.8) is 0 Å². The van der Waals surface area contributed by atoms with Crippen LogP contribution in [-0.4, -0.2) is 19.2 Å². The number of esters is 1. The smallest absolute Gasteiger partial charge is 0.330 e. The summed E-state index contributed by atoms with van der Waals surface area (Å²) in [5.74, 6) is 1.08. The predicted molar refractivity (Wildman–Crippen MR) is 106 cm³/mol. The molecule has 0 spiro atoms. The van der Waals surface area contributed by atoms with Crippen LogP contribution in [-0.2, 0) is 9.53 Å². The van der Waals surface area contributed by atoms with Crippen molar-refractivity contribution in [1.82, 2.24) is 0 Å². The molecule has 3 heteroatoms. The number of carbonyl (C=O) groups excluding carboxylic acids is 1. The predicted octanol–water partition coefficient (Wildman–Crippen LogP) is 5.58. The van der Waals surface area contributed by atoms with Gasteiger partial charge in [0.1, 0.15) is 5.75 Å². The Bertz CT molecular complexity index is 686. The molecule has 138 valence electrons.